The number of rotatable bonds is 15. The molecule has 0 spiro atoms. The SMILES string of the molecule is C/[C]=C(\C)CCC[C@](C)(CCCC(C)C)N(CCCC)CCCC. The predicted molar refractivity (Wildman–Crippen MR) is 110 cm³/mol. The summed E-state index contributed by atoms with van der Waals surface area (Å²) in [5.74, 6) is 0.828. The minimum atomic E-state index is 0.382. The summed E-state index contributed by atoms with van der Waals surface area (Å²) >= 11 is 0. The van der Waals surface area contributed by atoms with Gasteiger partial charge in [0.05, 0.1) is 0 Å². The molecule has 0 heterocycles. The summed E-state index contributed by atoms with van der Waals surface area (Å²) in [6, 6.07) is 0. The molecule has 0 aromatic heterocycles. The molecule has 0 aromatic carbocycles. The first-order valence-corrected chi connectivity index (χ1v) is 10.6. The number of hydrogen-bond donors (Lipinski definition) is 0. The van der Waals surface area contributed by atoms with Crippen molar-refractivity contribution in [3.63, 3.8) is 0 Å². The minimum Gasteiger partial charge on any atom is -0.298 e. The van der Waals surface area contributed by atoms with Gasteiger partial charge in [0.1, 0.15) is 0 Å². The highest BCUT2D eigenvalue weighted by molar-refractivity contribution is 4.93. The summed E-state index contributed by atoms with van der Waals surface area (Å²) in [5, 5.41) is 0. The maximum atomic E-state index is 3.31. The number of unbranched alkanes of at least 4 members (excludes halogenated alkanes) is 2. The van der Waals surface area contributed by atoms with E-state index in [9.17, 15) is 0 Å². The van der Waals surface area contributed by atoms with Gasteiger partial charge >= 0.3 is 0 Å². The first-order chi connectivity index (χ1) is 11.4. The van der Waals surface area contributed by atoms with Gasteiger partial charge in [-0.2, -0.15) is 0 Å². The fourth-order valence-corrected chi connectivity index (χ4v) is 3.54. The molecule has 0 aliphatic heterocycles. The van der Waals surface area contributed by atoms with Crippen LogP contribution in [0.2, 0.25) is 0 Å². The first-order valence-electron chi connectivity index (χ1n) is 10.6. The molecule has 0 rings (SSSR count). The van der Waals surface area contributed by atoms with Crippen LogP contribution in [0.15, 0.2) is 5.57 Å². The molecule has 0 saturated heterocycles. The molecule has 0 amide bonds. The highest BCUT2D eigenvalue weighted by Gasteiger charge is 2.30. The molecule has 1 radical (unpaired) electrons. The first kappa shape index (κ1) is 23.7. The fraction of sp³-hybridized carbons (Fsp3) is 0.913. The van der Waals surface area contributed by atoms with E-state index < -0.39 is 0 Å². The fourth-order valence-electron chi connectivity index (χ4n) is 3.54. The maximum Gasteiger partial charge on any atom is 0.0181 e. The van der Waals surface area contributed by atoms with Crippen molar-refractivity contribution in [2.75, 3.05) is 13.1 Å². The van der Waals surface area contributed by atoms with Crippen molar-refractivity contribution in [1.29, 1.82) is 0 Å². The highest BCUT2D eigenvalue weighted by Crippen LogP contribution is 2.30. The third-order valence-corrected chi connectivity index (χ3v) is 5.52. The second-order valence-electron chi connectivity index (χ2n) is 8.36. The Morgan fingerprint density at radius 3 is 1.96 bits per heavy atom. The average Bonchev–Trinajstić information content (AvgIpc) is 2.54. The smallest absolute Gasteiger partial charge is 0.0181 e. The van der Waals surface area contributed by atoms with Crippen LogP contribution in [0.3, 0.4) is 0 Å². The van der Waals surface area contributed by atoms with Crippen LogP contribution in [0, 0.1) is 12.0 Å². The van der Waals surface area contributed by atoms with E-state index >= 15 is 0 Å². The quantitative estimate of drug-likeness (QED) is 0.301. The molecular formula is C23H46N. The van der Waals surface area contributed by atoms with E-state index in [0.717, 1.165) is 5.92 Å². The van der Waals surface area contributed by atoms with Gasteiger partial charge in [-0.3, -0.25) is 4.90 Å². The number of nitrogens with zero attached hydrogens (tertiary/aromatic N) is 1. The van der Waals surface area contributed by atoms with Gasteiger partial charge in [0.15, 0.2) is 0 Å². The third kappa shape index (κ3) is 10.5. The van der Waals surface area contributed by atoms with Crippen molar-refractivity contribution in [2.24, 2.45) is 5.92 Å². The Bertz CT molecular complexity index is 310. The van der Waals surface area contributed by atoms with Gasteiger partial charge in [-0.1, -0.05) is 59.0 Å². The van der Waals surface area contributed by atoms with Crippen molar-refractivity contribution in [3.8, 4) is 0 Å². The zero-order chi connectivity index (χ0) is 18.4. The summed E-state index contributed by atoms with van der Waals surface area (Å²) in [6.45, 7) is 18.7. The van der Waals surface area contributed by atoms with E-state index in [0.29, 0.717) is 5.54 Å². The van der Waals surface area contributed by atoms with Crippen LogP contribution in [-0.4, -0.2) is 23.5 Å². The van der Waals surface area contributed by atoms with Crippen LogP contribution in [0.25, 0.3) is 0 Å². The standard InChI is InChI=1S/C23H46N/c1-8-11-19-24(20-12-9-2)23(7,17-13-15-21(4)5)18-14-16-22(6)10-3/h21H,8-9,11-20H2,1-7H3/t23-/m0/s1. The Morgan fingerprint density at radius 2 is 1.50 bits per heavy atom. The molecule has 24 heavy (non-hydrogen) atoms. The Balaban J connectivity index is 4.90. The van der Waals surface area contributed by atoms with E-state index in [1.165, 1.54) is 82.9 Å². The molecule has 0 N–H and O–H groups in total. The molecule has 0 bridgehead atoms. The highest BCUT2D eigenvalue weighted by atomic mass is 15.2. The van der Waals surface area contributed by atoms with Gasteiger partial charge in [0.25, 0.3) is 0 Å². The lowest BCUT2D eigenvalue weighted by molar-refractivity contribution is 0.0764. The molecule has 1 heteroatoms. The van der Waals surface area contributed by atoms with E-state index in [-0.39, 0.29) is 0 Å². The van der Waals surface area contributed by atoms with Gasteiger partial charge in [-0.15, -0.1) is 0 Å². The van der Waals surface area contributed by atoms with Crippen LogP contribution in [-0.2, 0) is 0 Å². The van der Waals surface area contributed by atoms with Crippen molar-refractivity contribution in [1.82, 2.24) is 4.90 Å². The van der Waals surface area contributed by atoms with Crippen molar-refractivity contribution in [2.45, 2.75) is 118 Å². The summed E-state index contributed by atoms with van der Waals surface area (Å²) in [5.41, 5.74) is 1.81. The zero-order valence-electron chi connectivity index (χ0n) is 18.0. The van der Waals surface area contributed by atoms with Crippen LogP contribution < -0.4 is 0 Å². The molecule has 0 saturated carbocycles. The summed E-state index contributed by atoms with van der Waals surface area (Å²) in [7, 11) is 0. The van der Waals surface area contributed by atoms with Gasteiger partial charge in [0.2, 0.25) is 0 Å². The lowest BCUT2D eigenvalue weighted by atomic mass is 9.85. The second kappa shape index (κ2) is 13.9. The van der Waals surface area contributed by atoms with E-state index in [2.05, 4.69) is 52.5 Å². The Morgan fingerprint density at radius 1 is 0.958 bits per heavy atom. The number of hydrogen-bond acceptors (Lipinski definition) is 1. The molecule has 1 atom stereocenters. The van der Waals surface area contributed by atoms with Gasteiger partial charge in [-0.05, 0) is 84.4 Å². The molecule has 0 aliphatic rings. The molecular weight excluding hydrogens is 290 g/mol. The summed E-state index contributed by atoms with van der Waals surface area (Å²) < 4.78 is 0. The predicted octanol–water partition coefficient (Wildman–Crippen LogP) is 7.41. The Kier molecular flexibility index (Phi) is 13.8. The Hall–Kier alpha value is -0.300. The van der Waals surface area contributed by atoms with Crippen molar-refractivity contribution in [3.05, 3.63) is 11.6 Å². The molecule has 0 fully saturated rings. The molecule has 1 nitrogen and oxygen atoms in total. The van der Waals surface area contributed by atoms with E-state index in [4.69, 9.17) is 0 Å². The number of allylic oxidation sites excluding steroid dienone is 2. The lowest BCUT2D eigenvalue weighted by Crippen LogP contribution is -2.47. The van der Waals surface area contributed by atoms with Gasteiger partial charge in [-0.25, -0.2) is 0 Å². The van der Waals surface area contributed by atoms with Gasteiger partial charge < -0.3 is 0 Å². The van der Waals surface area contributed by atoms with Crippen molar-refractivity contribution < 1.29 is 0 Å². The van der Waals surface area contributed by atoms with E-state index in [1.54, 1.807) is 0 Å². The minimum absolute atomic E-state index is 0.382. The normalized spacial score (nSPS) is 15.3. The van der Waals surface area contributed by atoms with Crippen LogP contribution in [0.5, 0.6) is 0 Å². The molecule has 0 aliphatic carbocycles. The monoisotopic (exact) mass is 336 g/mol. The third-order valence-electron chi connectivity index (χ3n) is 5.52. The summed E-state index contributed by atoms with van der Waals surface area (Å²) in [4.78, 5) is 2.84. The largest absolute Gasteiger partial charge is 0.298 e. The molecule has 143 valence electrons. The van der Waals surface area contributed by atoms with Gasteiger partial charge in [0, 0.05) is 5.54 Å². The van der Waals surface area contributed by atoms with E-state index in [1.807, 2.05) is 6.92 Å². The Labute approximate surface area is 154 Å². The maximum absolute atomic E-state index is 3.31. The van der Waals surface area contributed by atoms with Crippen molar-refractivity contribution >= 4 is 0 Å². The second-order valence-corrected chi connectivity index (χ2v) is 8.36. The topological polar surface area (TPSA) is 3.24 Å². The average molecular weight is 337 g/mol. The van der Waals surface area contributed by atoms with Crippen LogP contribution >= 0.6 is 0 Å². The van der Waals surface area contributed by atoms with Crippen LogP contribution in [0.1, 0.15) is 113 Å². The lowest BCUT2D eigenvalue weighted by Gasteiger charge is -2.42. The summed E-state index contributed by atoms with van der Waals surface area (Å²) in [6.07, 6.45) is 16.5. The van der Waals surface area contributed by atoms with Crippen LogP contribution in [0.4, 0.5) is 0 Å². The zero-order valence-corrected chi connectivity index (χ0v) is 18.0. The molecule has 0 aromatic rings. The molecule has 0 unspecified atom stereocenters.